The second-order valence-corrected chi connectivity index (χ2v) is 5.72. The average Bonchev–Trinajstić information content (AvgIpc) is 2.73. The molecule has 102 valence electrons. The topological polar surface area (TPSA) is 29.9 Å². The Labute approximate surface area is 109 Å². The number of piperidine rings is 1. The molecule has 2 heterocycles. The molecule has 4 heteroatoms. The monoisotopic (exact) mass is 253 g/mol. The van der Waals surface area contributed by atoms with E-state index in [0.29, 0.717) is 25.3 Å². The molecule has 1 aromatic rings. The van der Waals surface area contributed by atoms with Crippen molar-refractivity contribution in [2.75, 3.05) is 6.54 Å². The van der Waals surface area contributed by atoms with E-state index in [-0.39, 0.29) is 0 Å². The molecule has 18 heavy (non-hydrogen) atoms. The zero-order chi connectivity index (χ0) is 13.0. The Bertz CT molecular complexity index is 367. The number of nitrogens with one attached hydrogen (secondary N) is 1. The van der Waals surface area contributed by atoms with E-state index in [0.717, 1.165) is 18.8 Å². The lowest BCUT2D eigenvalue weighted by atomic mass is 9.90. The fourth-order valence-electron chi connectivity index (χ4n) is 2.72. The number of hydrogen-bond acceptors (Lipinski definition) is 2. The third kappa shape index (κ3) is 3.80. The van der Waals surface area contributed by atoms with Gasteiger partial charge in [-0.05, 0) is 39.2 Å². The van der Waals surface area contributed by atoms with Gasteiger partial charge in [0.1, 0.15) is 11.5 Å². The van der Waals surface area contributed by atoms with Crippen LogP contribution in [0, 0.1) is 0 Å². The molecule has 0 amide bonds. The van der Waals surface area contributed by atoms with Crippen LogP contribution in [0.3, 0.4) is 0 Å². The first-order valence-electron chi connectivity index (χ1n) is 6.95. The largest absolute Gasteiger partial charge is 0.338 e. The van der Waals surface area contributed by atoms with Crippen molar-refractivity contribution < 1.29 is 4.39 Å². The van der Waals surface area contributed by atoms with Crippen molar-refractivity contribution in [1.82, 2.24) is 14.9 Å². The molecule has 2 atom stereocenters. The molecule has 0 radical (unpaired) electrons. The highest BCUT2D eigenvalue weighted by atomic mass is 19.1. The first-order valence-corrected chi connectivity index (χ1v) is 6.95. The standard InChI is InChI=1S/C14H24FN3/c1-14(15,11-12-5-3-4-8-16-12)7-6-13-17-9-10-18(13)2/h9-10,12,16H,3-8,11H2,1-2H3. The molecule has 1 saturated heterocycles. The summed E-state index contributed by atoms with van der Waals surface area (Å²) in [6.45, 7) is 2.77. The minimum absolute atomic E-state index is 0.357. The highest BCUT2D eigenvalue weighted by Crippen LogP contribution is 2.26. The highest BCUT2D eigenvalue weighted by molar-refractivity contribution is 4.94. The molecule has 0 aromatic carbocycles. The van der Waals surface area contributed by atoms with Crippen molar-refractivity contribution in [3.05, 3.63) is 18.2 Å². The molecule has 1 N–H and O–H groups in total. The van der Waals surface area contributed by atoms with Gasteiger partial charge in [-0.1, -0.05) is 6.42 Å². The van der Waals surface area contributed by atoms with Crippen LogP contribution >= 0.6 is 0 Å². The Hall–Kier alpha value is -0.900. The number of hydrogen-bond donors (Lipinski definition) is 1. The molecule has 0 bridgehead atoms. The summed E-state index contributed by atoms with van der Waals surface area (Å²) in [5, 5.41) is 3.42. The van der Waals surface area contributed by atoms with Crippen LogP contribution in [0.1, 0.15) is 44.9 Å². The number of alkyl halides is 1. The van der Waals surface area contributed by atoms with Gasteiger partial charge in [0.25, 0.3) is 0 Å². The smallest absolute Gasteiger partial charge is 0.110 e. The summed E-state index contributed by atoms with van der Waals surface area (Å²) in [4.78, 5) is 4.25. The minimum Gasteiger partial charge on any atom is -0.338 e. The summed E-state index contributed by atoms with van der Waals surface area (Å²) in [5.74, 6) is 0.968. The van der Waals surface area contributed by atoms with Gasteiger partial charge >= 0.3 is 0 Å². The lowest BCUT2D eigenvalue weighted by molar-refractivity contribution is 0.134. The molecular weight excluding hydrogens is 229 g/mol. The number of aromatic nitrogens is 2. The fourth-order valence-corrected chi connectivity index (χ4v) is 2.72. The Kier molecular flexibility index (Phi) is 4.38. The van der Waals surface area contributed by atoms with Crippen molar-refractivity contribution in [3.63, 3.8) is 0 Å². The molecule has 1 aromatic heterocycles. The first kappa shape index (κ1) is 13.5. The molecule has 0 saturated carbocycles. The van der Waals surface area contributed by atoms with Gasteiger partial charge in [-0.25, -0.2) is 9.37 Å². The van der Waals surface area contributed by atoms with E-state index < -0.39 is 5.67 Å². The fraction of sp³-hybridized carbons (Fsp3) is 0.786. The van der Waals surface area contributed by atoms with Gasteiger partial charge in [-0.15, -0.1) is 0 Å². The summed E-state index contributed by atoms with van der Waals surface area (Å²) < 4.78 is 16.5. The van der Waals surface area contributed by atoms with E-state index in [9.17, 15) is 4.39 Å². The van der Waals surface area contributed by atoms with Gasteiger partial charge in [0, 0.05) is 31.9 Å². The van der Waals surface area contributed by atoms with E-state index in [1.165, 1.54) is 12.8 Å². The van der Waals surface area contributed by atoms with Crippen molar-refractivity contribution in [1.29, 1.82) is 0 Å². The van der Waals surface area contributed by atoms with Gasteiger partial charge in [-0.2, -0.15) is 0 Å². The average molecular weight is 253 g/mol. The maximum Gasteiger partial charge on any atom is 0.110 e. The third-order valence-electron chi connectivity index (χ3n) is 3.88. The number of nitrogens with zero attached hydrogens (tertiary/aromatic N) is 2. The maximum atomic E-state index is 14.5. The van der Waals surface area contributed by atoms with Gasteiger partial charge in [0.15, 0.2) is 0 Å². The quantitative estimate of drug-likeness (QED) is 0.874. The number of halogens is 1. The lowest BCUT2D eigenvalue weighted by Gasteiger charge is -2.29. The molecular formula is C14H24FN3. The van der Waals surface area contributed by atoms with Crippen LogP contribution in [-0.2, 0) is 13.5 Å². The van der Waals surface area contributed by atoms with E-state index in [1.807, 2.05) is 17.8 Å². The number of aryl methyl sites for hydroxylation is 2. The van der Waals surface area contributed by atoms with Crippen molar-refractivity contribution in [3.8, 4) is 0 Å². The van der Waals surface area contributed by atoms with E-state index in [4.69, 9.17) is 0 Å². The summed E-state index contributed by atoms with van der Waals surface area (Å²) >= 11 is 0. The second kappa shape index (κ2) is 5.83. The lowest BCUT2D eigenvalue weighted by Crippen LogP contribution is -2.39. The first-order chi connectivity index (χ1) is 8.57. The van der Waals surface area contributed by atoms with Crippen LogP contribution in [-0.4, -0.2) is 27.8 Å². The van der Waals surface area contributed by atoms with Crippen molar-refractivity contribution in [2.45, 2.75) is 57.2 Å². The number of imidazole rings is 1. The Morgan fingerprint density at radius 2 is 2.39 bits per heavy atom. The maximum absolute atomic E-state index is 14.5. The van der Waals surface area contributed by atoms with Crippen LogP contribution in [0.4, 0.5) is 4.39 Å². The predicted molar refractivity (Wildman–Crippen MR) is 71.3 cm³/mol. The molecule has 0 aliphatic carbocycles. The van der Waals surface area contributed by atoms with Crippen molar-refractivity contribution >= 4 is 0 Å². The molecule has 3 nitrogen and oxygen atoms in total. The van der Waals surface area contributed by atoms with Gasteiger partial charge < -0.3 is 9.88 Å². The second-order valence-electron chi connectivity index (χ2n) is 5.72. The summed E-state index contributed by atoms with van der Waals surface area (Å²) in [6.07, 6.45) is 9.14. The Balaban J connectivity index is 1.81. The summed E-state index contributed by atoms with van der Waals surface area (Å²) in [6, 6.07) is 0.357. The Morgan fingerprint density at radius 1 is 1.56 bits per heavy atom. The zero-order valence-corrected chi connectivity index (χ0v) is 11.5. The van der Waals surface area contributed by atoms with E-state index in [2.05, 4.69) is 10.3 Å². The van der Waals surface area contributed by atoms with E-state index >= 15 is 0 Å². The van der Waals surface area contributed by atoms with Crippen LogP contribution in [0.15, 0.2) is 12.4 Å². The minimum atomic E-state index is -1.10. The van der Waals surface area contributed by atoms with Gasteiger partial charge in [0.05, 0.1) is 0 Å². The molecule has 1 aliphatic heterocycles. The molecule has 1 fully saturated rings. The Morgan fingerprint density at radius 3 is 3.00 bits per heavy atom. The van der Waals surface area contributed by atoms with Crippen LogP contribution < -0.4 is 5.32 Å². The highest BCUT2D eigenvalue weighted by Gasteiger charge is 2.28. The van der Waals surface area contributed by atoms with Gasteiger partial charge in [-0.3, -0.25) is 0 Å². The van der Waals surface area contributed by atoms with Crippen LogP contribution in [0.2, 0.25) is 0 Å². The molecule has 2 rings (SSSR count). The third-order valence-corrected chi connectivity index (χ3v) is 3.88. The zero-order valence-electron chi connectivity index (χ0n) is 11.5. The predicted octanol–water partition coefficient (Wildman–Crippen LogP) is 2.61. The normalized spacial score (nSPS) is 23.8. The van der Waals surface area contributed by atoms with E-state index in [1.54, 1.807) is 13.1 Å². The van der Waals surface area contributed by atoms with Crippen molar-refractivity contribution in [2.24, 2.45) is 7.05 Å². The molecule has 2 unspecified atom stereocenters. The van der Waals surface area contributed by atoms with Crippen LogP contribution in [0.25, 0.3) is 0 Å². The number of rotatable bonds is 5. The SMILES string of the molecule is Cn1ccnc1CCC(C)(F)CC1CCCCN1. The summed E-state index contributed by atoms with van der Waals surface area (Å²) in [5.41, 5.74) is -1.10. The summed E-state index contributed by atoms with van der Waals surface area (Å²) in [7, 11) is 1.96. The van der Waals surface area contributed by atoms with Gasteiger partial charge in [0.2, 0.25) is 0 Å². The molecule has 1 aliphatic rings. The van der Waals surface area contributed by atoms with Crippen LogP contribution in [0.5, 0.6) is 0 Å². The molecule has 0 spiro atoms.